The molecule has 0 aromatic heterocycles. The molecule has 2 saturated heterocycles. The Morgan fingerprint density at radius 3 is 2.26 bits per heavy atom. The first-order chi connectivity index (χ1) is 12.9. The van der Waals surface area contributed by atoms with Gasteiger partial charge in [-0.15, -0.1) is 0 Å². The number of primary amides is 1. The molecule has 4 amide bonds. The van der Waals surface area contributed by atoms with Crippen LogP contribution in [0.25, 0.3) is 0 Å². The first kappa shape index (κ1) is 21.1. The average molecular weight is 385 g/mol. The van der Waals surface area contributed by atoms with Crippen LogP contribution in [0.4, 0.5) is 0 Å². The van der Waals surface area contributed by atoms with Crippen molar-refractivity contribution in [2.24, 2.45) is 5.73 Å². The highest BCUT2D eigenvalue weighted by Gasteiger charge is 2.39. The minimum absolute atomic E-state index is 0.283. The third-order valence-corrected chi connectivity index (χ3v) is 4.85. The molecule has 2 rings (SSSR count). The molecule has 4 atom stereocenters. The van der Waals surface area contributed by atoms with Crippen molar-refractivity contribution in [2.45, 2.75) is 49.9 Å². The van der Waals surface area contributed by atoms with E-state index >= 15 is 0 Å². The molecule has 0 saturated carbocycles. The van der Waals surface area contributed by atoms with Gasteiger partial charge in [0.2, 0.25) is 23.6 Å². The number of likely N-dealkylation sites (tertiary alicyclic amines) is 1. The van der Waals surface area contributed by atoms with Gasteiger partial charge in [-0.3, -0.25) is 19.2 Å². The van der Waals surface area contributed by atoms with E-state index in [9.17, 15) is 24.3 Å². The molecule has 2 aliphatic heterocycles. The number of rotatable bonds is 8. The number of amides is 4. The highest BCUT2D eigenvalue weighted by Crippen LogP contribution is 2.19. The van der Waals surface area contributed by atoms with E-state index in [1.807, 2.05) is 0 Å². The van der Waals surface area contributed by atoms with Crippen LogP contribution in [0.2, 0.25) is 0 Å². The standard InChI is InChI=1S/C16H27N5O6/c17-13(24)10(7-22)19-15(26)12-4-2-6-21(12)16(27)11(8-23)20-14(25)9-3-1-5-18-9/h9-12,18,22-23H,1-8H2,(H2,17,24)(H,19,26)(H,20,25)/t9-,10+,11+,12-/m1/s1. The van der Waals surface area contributed by atoms with Gasteiger partial charge in [0.15, 0.2) is 0 Å². The Bertz CT molecular complexity index is 580. The fourth-order valence-electron chi connectivity index (χ4n) is 3.34. The number of hydrogen-bond donors (Lipinski definition) is 6. The molecular formula is C16H27N5O6. The maximum atomic E-state index is 12.7. The molecule has 0 bridgehead atoms. The van der Waals surface area contributed by atoms with Gasteiger partial charge >= 0.3 is 0 Å². The highest BCUT2D eigenvalue weighted by molar-refractivity contribution is 5.95. The summed E-state index contributed by atoms with van der Waals surface area (Å²) in [7, 11) is 0. The van der Waals surface area contributed by atoms with Crippen LogP contribution in [-0.4, -0.2) is 89.2 Å². The topological polar surface area (TPSA) is 174 Å². The van der Waals surface area contributed by atoms with Gasteiger partial charge in [-0.05, 0) is 32.2 Å². The molecule has 27 heavy (non-hydrogen) atoms. The molecule has 11 heteroatoms. The first-order valence-electron chi connectivity index (χ1n) is 9.04. The van der Waals surface area contributed by atoms with E-state index in [4.69, 9.17) is 10.8 Å². The van der Waals surface area contributed by atoms with Crippen LogP contribution in [0.3, 0.4) is 0 Å². The predicted molar refractivity (Wildman–Crippen MR) is 93.0 cm³/mol. The van der Waals surface area contributed by atoms with Crippen molar-refractivity contribution in [3.05, 3.63) is 0 Å². The van der Waals surface area contributed by atoms with Crippen LogP contribution in [0.5, 0.6) is 0 Å². The largest absolute Gasteiger partial charge is 0.394 e. The summed E-state index contributed by atoms with van der Waals surface area (Å²) < 4.78 is 0. The molecule has 0 aliphatic carbocycles. The molecule has 0 aromatic rings. The van der Waals surface area contributed by atoms with E-state index in [0.29, 0.717) is 19.3 Å². The highest BCUT2D eigenvalue weighted by atomic mass is 16.3. The molecule has 2 heterocycles. The van der Waals surface area contributed by atoms with E-state index in [1.54, 1.807) is 0 Å². The van der Waals surface area contributed by atoms with Crippen molar-refractivity contribution in [2.75, 3.05) is 26.3 Å². The van der Waals surface area contributed by atoms with E-state index in [2.05, 4.69) is 16.0 Å². The van der Waals surface area contributed by atoms with Crippen molar-refractivity contribution in [1.29, 1.82) is 0 Å². The van der Waals surface area contributed by atoms with Crippen LogP contribution < -0.4 is 21.7 Å². The summed E-state index contributed by atoms with van der Waals surface area (Å²) in [6.45, 7) is -0.241. The van der Waals surface area contributed by atoms with E-state index in [0.717, 1.165) is 13.0 Å². The maximum absolute atomic E-state index is 12.7. The Balaban J connectivity index is 2.00. The molecule has 2 aliphatic rings. The smallest absolute Gasteiger partial charge is 0.248 e. The van der Waals surface area contributed by atoms with Crippen molar-refractivity contribution in [3.63, 3.8) is 0 Å². The van der Waals surface area contributed by atoms with Gasteiger partial charge in [0, 0.05) is 6.54 Å². The molecule has 2 fully saturated rings. The molecule has 0 aromatic carbocycles. The summed E-state index contributed by atoms with van der Waals surface area (Å²) in [6, 6.07) is -3.65. The quantitative estimate of drug-likeness (QED) is 0.248. The molecule has 11 nitrogen and oxygen atoms in total. The van der Waals surface area contributed by atoms with Gasteiger partial charge < -0.3 is 36.8 Å². The molecule has 7 N–H and O–H groups in total. The van der Waals surface area contributed by atoms with E-state index in [-0.39, 0.29) is 12.5 Å². The zero-order valence-electron chi connectivity index (χ0n) is 15.0. The van der Waals surface area contributed by atoms with Gasteiger partial charge in [-0.2, -0.15) is 0 Å². The zero-order valence-corrected chi connectivity index (χ0v) is 15.0. The summed E-state index contributed by atoms with van der Waals surface area (Å²) in [4.78, 5) is 49.8. The summed E-state index contributed by atoms with van der Waals surface area (Å²) in [6.07, 6.45) is 2.43. The lowest BCUT2D eigenvalue weighted by molar-refractivity contribution is -0.143. The van der Waals surface area contributed by atoms with Crippen molar-refractivity contribution in [1.82, 2.24) is 20.9 Å². The Morgan fingerprint density at radius 1 is 1.04 bits per heavy atom. The number of carbonyl (C=O) groups excluding carboxylic acids is 4. The fourth-order valence-corrected chi connectivity index (χ4v) is 3.34. The van der Waals surface area contributed by atoms with Gasteiger partial charge in [0.25, 0.3) is 0 Å². The number of aliphatic hydroxyl groups is 2. The van der Waals surface area contributed by atoms with Crippen LogP contribution in [0.15, 0.2) is 0 Å². The van der Waals surface area contributed by atoms with E-state index in [1.165, 1.54) is 4.90 Å². The third kappa shape index (κ3) is 5.15. The summed E-state index contributed by atoms with van der Waals surface area (Å²) >= 11 is 0. The average Bonchev–Trinajstić information content (AvgIpc) is 3.34. The summed E-state index contributed by atoms with van der Waals surface area (Å²) in [5, 5.41) is 26.5. The van der Waals surface area contributed by atoms with Crippen LogP contribution >= 0.6 is 0 Å². The lowest BCUT2D eigenvalue weighted by atomic mass is 10.1. The minimum Gasteiger partial charge on any atom is -0.394 e. The van der Waals surface area contributed by atoms with Crippen molar-refractivity contribution in [3.8, 4) is 0 Å². The van der Waals surface area contributed by atoms with Crippen LogP contribution in [0.1, 0.15) is 25.7 Å². The van der Waals surface area contributed by atoms with Gasteiger partial charge in [0.05, 0.1) is 19.3 Å². The predicted octanol–water partition coefficient (Wildman–Crippen LogP) is -3.83. The number of carbonyl (C=O) groups is 4. The van der Waals surface area contributed by atoms with Gasteiger partial charge in [-0.1, -0.05) is 0 Å². The molecule has 0 spiro atoms. The van der Waals surface area contributed by atoms with Gasteiger partial charge in [0.1, 0.15) is 18.1 Å². The normalized spacial score (nSPS) is 24.3. The minimum atomic E-state index is -1.24. The fraction of sp³-hybridized carbons (Fsp3) is 0.750. The monoisotopic (exact) mass is 385 g/mol. The van der Waals surface area contributed by atoms with Crippen LogP contribution in [-0.2, 0) is 19.2 Å². The summed E-state index contributed by atoms with van der Waals surface area (Å²) in [5.74, 6) is -2.43. The maximum Gasteiger partial charge on any atom is 0.248 e. The second-order valence-electron chi connectivity index (χ2n) is 6.73. The molecule has 0 radical (unpaired) electrons. The first-order valence-corrected chi connectivity index (χ1v) is 9.04. The number of nitrogens with zero attached hydrogens (tertiary/aromatic N) is 1. The molecule has 152 valence electrons. The lowest BCUT2D eigenvalue weighted by Crippen LogP contribution is -2.58. The third-order valence-electron chi connectivity index (χ3n) is 4.85. The SMILES string of the molecule is NC(=O)[C@H](CO)NC(=O)[C@H]1CCCN1C(=O)[C@H](CO)NC(=O)[C@H]1CCCN1. The van der Waals surface area contributed by atoms with E-state index < -0.39 is 55.1 Å². The Kier molecular flexibility index (Phi) is 7.51. The Hall–Kier alpha value is -2.24. The van der Waals surface area contributed by atoms with Crippen LogP contribution in [0, 0.1) is 0 Å². The lowest BCUT2D eigenvalue weighted by Gasteiger charge is -2.29. The molecule has 0 unspecified atom stereocenters. The number of nitrogens with two attached hydrogens (primary N) is 1. The van der Waals surface area contributed by atoms with Gasteiger partial charge in [-0.25, -0.2) is 0 Å². The second-order valence-corrected chi connectivity index (χ2v) is 6.73. The number of nitrogens with one attached hydrogen (secondary N) is 3. The Morgan fingerprint density at radius 2 is 1.70 bits per heavy atom. The van der Waals surface area contributed by atoms with Crippen molar-refractivity contribution < 1.29 is 29.4 Å². The van der Waals surface area contributed by atoms with Crippen molar-refractivity contribution >= 4 is 23.6 Å². The number of hydrogen-bond acceptors (Lipinski definition) is 7. The zero-order chi connectivity index (χ0) is 20.0. The summed E-state index contributed by atoms with van der Waals surface area (Å²) in [5.41, 5.74) is 5.09. The number of aliphatic hydroxyl groups excluding tert-OH is 2. The molecular weight excluding hydrogens is 358 g/mol. The Labute approximate surface area is 156 Å². The second kappa shape index (κ2) is 9.62.